The van der Waals surface area contributed by atoms with Crippen LogP contribution in [0.3, 0.4) is 0 Å². The summed E-state index contributed by atoms with van der Waals surface area (Å²) in [6.07, 6.45) is 0.446. The Morgan fingerprint density at radius 2 is 1.95 bits per heavy atom. The minimum atomic E-state index is -0.878. The quantitative estimate of drug-likeness (QED) is 0.923. The number of rotatable bonds is 5. The van der Waals surface area contributed by atoms with E-state index in [0.29, 0.717) is 13.0 Å². The van der Waals surface area contributed by atoms with Crippen LogP contribution in [-0.4, -0.2) is 17.0 Å². The molecule has 0 spiro atoms. The molecule has 4 nitrogen and oxygen atoms in total. The van der Waals surface area contributed by atoms with Gasteiger partial charge in [-0.2, -0.15) is 11.3 Å². The molecule has 0 unspecified atom stereocenters. The topological polar surface area (TPSA) is 57.6 Å². The summed E-state index contributed by atoms with van der Waals surface area (Å²) in [6.45, 7) is 0.481. The molecular weight excluding hydrogens is 286 g/mol. The van der Waals surface area contributed by atoms with E-state index in [1.165, 1.54) is 0 Å². The number of carbonyl (C=O) groups excluding carboxylic acids is 1. The second kappa shape index (κ2) is 5.69. The lowest BCUT2D eigenvalue weighted by Gasteiger charge is -2.22. The average Bonchev–Trinajstić information content (AvgIpc) is 3.15. The standard InChI is InChI=1S/C16H15NO3S/c18-15(13-8-14(13)16(19)20)17(9-11-6-7-21-10-11)12-4-2-1-3-5-12/h1-7,10,13-14H,8-9H2,(H,19,20)/t13-,14+/m1/s1. The Hall–Kier alpha value is -2.14. The van der Waals surface area contributed by atoms with Crippen LogP contribution in [0, 0.1) is 11.8 Å². The number of para-hydroxylation sites is 1. The van der Waals surface area contributed by atoms with Gasteiger partial charge >= 0.3 is 5.97 Å². The van der Waals surface area contributed by atoms with E-state index < -0.39 is 11.9 Å². The molecule has 2 atom stereocenters. The van der Waals surface area contributed by atoms with Crippen molar-refractivity contribution in [2.24, 2.45) is 11.8 Å². The fraction of sp³-hybridized carbons (Fsp3) is 0.250. The van der Waals surface area contributed by atoms with E-state index in [1.54, 1.807) is 16.2 Å². The van der Waals surface area contributed by atoms with Gasteiger partial charge in [0.1, 0.15) is 0 Å². The van der Waals surface area contributed by atoms with E-state index >= 15 is 0 Å². The van der Waals surface area contributed by atoms with E-state index in [2.05, 4.69) is 0 Å². The van der Waals surface area contributed by atoms with Crippen LogP contribution in [0.15, 0.2) is 47.2 Å². The number of carbonyl (C=O) groups is 2. The van der Waals surface area contributed by atoms with Gasteiger partial charge in [-0.05, 0) is 40.9 Å². The van der Waals surface area contributed by atoms with Gasteiger partial charge in [-0.3, -0.25) is 9.59 Å². The Kier molecular flexibility index (Phi) is 3.75. The molecule has 1 N–H and O–H groups in total. The summed E-state index contributed by atoms with van der Waals surface area (Å²) in [5, 5.41) is 13.0. The molecule has 0 radical (unpaired) electrons. The third kappa shape index (κ3) is 2.97. The summed E-state index contributed by atoms with van der Waals surface area (Å²) >= 11 is 1.59. The molecule has 1 saturated carbocycles. The summed E-state index contributed by atoms with van der Waals surface area (Å²) in [5.74, 6) is -1.88. The second-order valence-electron chi connectivity index (χ2n) is 5.18. The predicted molar refractivity (Wildman–Crippen MR) is 81.2 cm³/mol. The largest absolute Gasteiger partial charge is 0.481 e. The zero-order chi connectivity index (χ0) is 14.8. The molecule has 5 heteroatoms. The Labute approximate surface area is 126 Å². The summed E-state index contributed by atoms with van der Waals surface area (Å²) in [5.41, 5.74) is 1.87. The minimum Gasteiger partial charge on any atom is -0.481 e. The molecule has 1 aromatic heterocycles. The monoisotopic (exact) mass is 301 g/mol. The molecular formula is C16H15NO3S. The lowest BCUT2D eigenvalue weighted by atomic mass is 10.2. The molecule has 1 amide bonds. The zero-order valence-electron chi connectivity index (χ0n) is 11.3. The molecule has 1 aromatic carbocycles. The molecule has 1 fully saturated rings. The maximum atomic E-state index is 12.6. The molecule has 0 aliphatic heterocycles. The van der Waals surface area contributed by atoms with Crippen molar-refractivity contribution in [1.29, 1.82) is 0 Å². The van der Waals surface area contributed by atoms with Crippen molar-refractivity contribution in [2.45, 2.75) is 13.0 Å². The second-order valence-corrected chi connectivity index (χ2v) is 5.96. The van der Waals surface area contributed by atoms with E-state index in [4.69, 9.17) is 5.11 Å². The van der Waals surface area contributed by atoms with Gasteiger partial charge in [0.15, 0.2) is 0 Å². The zero-order valence-corrected chi connectivity index (χ0v) is 12.1. The van der Waals surface area contributed by atoms with Crippen LogP contribution >= 0.6 is 11.3 Å². The lowest BCUT2D eigenvalue weighted by molar-refractivity contribution is -0.140. The number of anilines is 1. The van der Waals surface area contributed by atoms with Gasteiger partial charge in [-0.15, -0.1) is 0 Å². The van der Waals surface area contributed by atoms with Gasteiger partial charge < -0.3 is 10.0 Å². The van der Waals surface area contributed by atoms with E-state index in [1.807, 2.05) is 47.2 Å². The Balaban J connectivity index is 1.83. The highest BCUT2D eigenvalue weighted by Crippen LogP contribution is 2.41. The van der Waals surface area contributed by atoms with Gasteiger partial charge in [0.2, 0.25) is 5.91 Å². The number of carboxylic acids is 1. The van der Waals surface area contributed by atoms with Crippen LogP contribution in [0.4, 0.5) is 5.69 Å². The smallest absolute Gasteiger partial charge is 0.307 e. The molecule has 3 rings (SSSR count). The molecule has 0 saturated heterocycles. The predicted octanol–water partition coefficient (Wildman–Crippen LogP) is 3.00. The molecule has 1 aliphatic carbocycles. The first kappa shape index (κ1) is 13.8. The van der Waals surface area contributed by atoms with Crippen LogP contribution in [0.25, 0.3) is 0 Å². The first-order valence-corrected chi connectivity index (χ1v) is 7.71. The van der Waals surface area contributed by atoms with Crippen molar-refractivity contribution < 1.29 is 14.7 Å². The summed E-state index contributed by atoms with van der Waals surface area (Å²) < 4.78 is 0. The number of thiophene rings is 1. The SMILES string of the molecule is O=C(O)[C@H]1C[C@H]1C(=O)N(Cc1ccsc1)c1ccccc1. The molecule has 21 heavy (non-hydrogen) atoms. The summed E-state index contributed by atoms with van der Waals surface area (Å²) in [4.78, 5) is 25.3. The van der Waals surface area contributed by atoms with Crippen LogP contribution in [0.1, 0.15) is 12.0 Å². The van der Waals surface area contributed by atoms with Gasteiger partial charge in [0, 0.05) is 5.69 Å². The van der Waals surface area contributed by atoms with Crippen molar-refractivity contribution in [2.75, 3.05) is 4.90 Å². The number of hydrogen-bond donors (Lipinski definition) is 1. The molecule has 2 aromatic rings. The Bertz CT molecular complexity index is 639. The van der Waals surface area contributed by atoms with Crippen molar-refractivity contribution in [3.63, 3.8) is 0 Å². The van der Waals surface area contributed by atoms with Gasteiger partial charge in [0.05, 0.1) is 18.4 Å². The summed E-state index contributed by atoms with van der Waals surface area (Å²) in [7, 11) is 0. The highest BCUT2D eigenvalue weighted by Gasteiger charge is 2.50. The Morgan fingerprint density at radius 3 is 2.52 bits per heavy atom. The Morgan fingerprint density at radius 1 is 1.19 bits per heavy atom. The fourth-order valence-corrected chi connectivity index (χ4v) is 3.07. The number of nitrogens with zero attached hydrogens (tertiary/aromatic N) is 1. The van der Waals surface area contributed by atoms with E-state index in [9.17, 15) is 9.59 Å². The van der Waals surface area contributed by atoms with Crippen molar-refractivity contribution >= 4 is 28.9 Å². The van der Waals surface area contributed by atoms with Gasteiger partial charge in [0.25, 0.3) is 0 Å². The summed E-state index contributed by atoms with van der Waals surface area (Å²) in [6, 6.07) is 11.4. The van der Waals surface area contributed by atoms with Crippen molar-refractivity contribution in [1.82, 2.24) is 0 Å². The molecule has 1 aliphatic rings. The number of aliphatic carboxylic acids is 1. The van der Waals surface area contributed by atoms with Crippen molar-refractivity contribution in [3.8, 4) is 0 Å². The molecule has 108 valence electrons. The maximum Gasteiger partial charge on any atom is 0.307 e. The van der Waals surface area contributed by atoms with Gasteiger partial charge in [-0.25, -0.2) is 0 Å². The number of amides is 1. The number of hydrogen-bond acceptors (Lipinski definition) is 3. The van der Waals surface area contributed by atoms with E-state index in [-0.39, 0.29) is 11.8 Å². The van der Waals surface area contributed by atoms with Crippen LogP contribution in [0.5, 0.6) is 0 Å². The third-order valence-electron chi connectivity index (χ3n) is 3.68. The van der Waals surface area contributed by atoms with Crippen LogP contribution < -0.4 is 4.90 Å². The average molecular weight is 301 g/mol. The van der Waals surface area contributed by atoms with Crippen molar-refractivity contribution in [3.05, 3.63) is 52.7 Å². The van der Waals surface area contributed by atoms with E-state index in [0.717, 1.165) is 11.3 Å². The number of benzene rings is 1. The fourth-order valence-electron chi connectivity index (χ4n) is 2.41. The van der Waals surface area contributed by atoms with Crippen LogP contribution in [-0.2, 0) is 16.1 Å². The van der Waals surface area contributed by atoms with Gasteiger partial charge in [-0.1, -0.05) is 18.2 Å². The molecule has 0 bridgehead atoms. The lowest BCUT2D eigenvalue weighted by Crippen LogP contribution is -2.32. The first-order chi connectivity index (χ1) is 10.2. The molecule has 1 heterocycles. The highest BCUT2D eigenvalue weighted by atomic mass is 32.1. The number of carboxylic acid groups (broad SMARTS) is 1. The first-order valence-electron chi connectivity index (χ1n) is 6.77. The minimum absolute atomic E-state index is 0.0974. The normalized spacial score (nSPS) is 20.0. The van der Waals surface area contributed by atoms with Crippen LogP contribution in [0.2, 0.25) is 0 Å². The third-order valence-corrected chi connectivity index (χ3v) is 4.41. The highest BCUT2D eigenvalue weighted by molar-refractivity contribution is 7.07. The maximum absolute atomic E-state index is 12.6.